The molecule has 0 radical (unpaired) electrons. The van der Waals surface area contributed by atoms with E-state index < -0.39 is 22.4 Å². The summed E-state index contributed by atoms with van der Waals surface area (Å²) in [6.45, 7) is 1.64. The first-order chi connectivity index (χ1) is 19.2. The number of carbonyl (C=O) groups excluding carboxylic acids is 1. The Balaban J connectivity index is 1.46. The van der Waals surface area contributed by atoms with Gasteiger partial charge in [0.15, 0.2) is 11.6 Å². The summed E-state index contributed by atoms with van der Waals surface area (Å²) in [5.41, 5.74) is 3.42. The van der Waals surface area contributed by atoms with Gasteiger partial charge < -0.3 is 9.63 Å². The van der Waals surface area contributed by atoms with Crippen LogP contribution in [-0.4, -0.2) is 26.0 Å². The highest BCUT2D eigenvalue weighted by Crippen LogP contribution is 2.33. The topological polar surface area (TPSA) is 119 Å². The van der Waals surface area contributed by atoms with Crippen molar-refractivity contribution in [3.05, 3.63) is 129 Å². The summed E-state index contributed by atoms with van der Waals surface area (Å²) >= 11 is 5.79. The maximum atomic E-state index is 13.9. The third-order valence-electron chi connectivity index (χ3n) is 6.48. The number of phenols is 1. The molecule has 0 aliphatic carbocycles. The minimum Gasteiger partial charge on any atom is -0.507 e. The molecule has 40 heavy (non-hydrogen) atoms. The van der Waals surface area contributed by atoms with Gasteiger partial charge in [-0.05, 0) is 77.6 Å². The predicted octanol–water partition coefficient (Wildman–Crippen LogP) is 7.33. The van der Waals surface area contributed by atoms with Gasteiger partial charge in [0.05, 0.1) is 15.5 Å². The quantitative estimate of drug-likeness (QED) is 0.120. The van der Waals surface area contributed by atoms with E-state index in [4.69, 9.17) is 16.1 Å². The average Bonchev–Trinajstić information content (AvgIpc) is 3.39. The lowest BCUT2D eigenvalue weighted by molar-refractivity contribution is -0.384. The van der Waals surface area contributed by atoms with Gasteiger partial charge in [-0.2, -0.15) is 4.98 Å². The molecule has 0 spiro atoms. The first kappa shape index (κ1) is 26.7. The van der Waals surface area contributed by atoms with Crippen molar-refractivity contribution >= 4 is 23.1 Å². The Hall–Kier alpha value is -4.89. The number of nitro groups is 1. The van der Waals surface area contributed by atoms with Gasteiger partial charge in [-0.15, -0.1) is 0 Å². The molecule has 0 aliphatic heterocycles. The van der Waals surface area contributed by atoms with E-state index in [1.165, 1.54) is 36.4 Å². The number of carbonyl (C=O) groups is 1. The Labute approximate surface area is 232 Å². The summed E-state index contributed by atoms with van der Waals surface area (Å²) in [7, 11) is 0. The molecule has 0 amide bonds. The van der Waals surface area contributed by atoms with E-state index in [1.54, 1.807) is 31.2 Å². The third kappa shape index (κ3) is 5.60. The van der Waals surface area contributed by atoms with Crippen LogP contribution in [0, 0.1) is 22.9 Å². The highest BCUT2D eigenvalue weighted by Gasteiger charge is 2.30. The van der Waals surface area contributed by atoms with Crippen LogP contribution in [0.1, 0.15) is 33.6 Å². The van der Waals surface area contributed by atoms with Crippen LogP contribution in [0.5, 0.6) is 5.75 Å². The van der Waals surface area contributed by atoms with Crippen LogP contribution < -0.4 is 0 Å². The average molecular weight is 558 g/mol. The lowest BCUT2D eigenvalue weighted by atomic mass is 9.89. The second-order valence-electron chi connectivity index (χ2n) is 9.16. The number of aromatic nitrogens is 2. The van der Waals surface area contributed by atoms with E-state index >= 15 is 0 Å². The Morgan fingerprint density at radius 1 is 0.975 bits per heavy atom. The fraction of sp³-hybridized carbons (Fsp3) is 0.100. The van der Waals surface area contributed by atoms with Crippen LogP contribution in [0.15, 0.2) is 89.5 Å². The highest BCUT2D eigenvalue weighted by atomic mass is 35.5. The number of benzene rings is 4. The van der Waals surface area contributed by atoms with Gasteiger partial charge in [-0.25, -0.2) is 4.39 Å². The molecule has 0 bridgehead atoms. The summed E-state index contributed by atoms with van der Waals surface area (Å²) < 4.78 is 19.3. The van der Waals surface area contributed by atoms with Crippen LogP contribution in [0.2, 0.25) is 5.02 Å². The molecule has 0 saturated heterocycles. The molecular weight excluding hydrogens is 537 g/mol. The second-order valence-corrected chi connectivity index (χ2v) is 9.57. The molecule has 0 aliphatic rings. The molecule has 1 heterocycles. The van der Waals surface area contributed by atoms with Gasteiger partial charge in [0.1, 0.15) is 17.5 Å². The molecule has 0 fully saturated rings. The van der Waals surface area contributed by atoms with E-state index in [0.29, 0.717) is 22.5 Å². The van der Waals surface area contributed by atoms with Crippen molar-refractivity contribution < 1.29 is 23.7 Å². The monoisotopic (exact) mass is 557 g/mol. The summed E-state index contributed by atoms with van der Waals surface area (Å²) in [4.78, 5) is 28.6. The SMILES string of the molecule is Cc1noc(C(Cc2ccc(-c3ccc(Cl)c(F)c3)cc2)C(=O)c2cc(-c3ccc([N+](=O)[O-])cc3)ccc2O)n1. The van der Waals surface area contributed by atoms with Gasteiger partial charge in [0, 0.05) is 12.1 Å². The Bertz CT molecular complexity index is 1720. The van der Waals surface area contributed by atoms with Crippen molar-refractivity contribution in [1.29, 1.82) is 0 Å². The fourth-order valence-corrected chi connectivity index (χ4v) is 4.49. The Morgan fingerprint density at radius 2 is 1.57 bits per heavy atom. The maximum absolute atomic E-state index is 13.9. The number of hydrogen-bond donors (Lipinski definition) is 1. The molecule has 1 aromatic heterocycles. The predicted molar refractivity (Wildman–Crippen MR) is 147 cm³/mol. The molecule has 0 saturated carbocycles. The number of nitrogens with zero attached hydrogens (tertiary/aromatic N) is 3. The van der Waals surface area contributed by atoms with Crippen molar-refractivity contribution in [2.24, 2.45) is 0 Å². The van der Waals surface area contributed by atoms with Crippen molar-refractivity contribution in [3.8, 4) is 28.0 Å². The molecular formula is C30H21ClFN3O5. The Kier molecular flexibility index (Phi) is 7.39. The zero-order valence-electron chi connectivity index (χ0n) is 21.0. The zero-order valence-corrected chi connectivity index (χ0v) is 21.8. The number of aromatic hydroxyl groups is 1. The largest absolute Gasteiger partial charge is 0.507 e. The summed E-state index contributed by atoms with van der Waals surface area (Å²) in [5, 5.41) is 25.5. The standard InChI is InChI=1S/C30H21ClFN3O5/c1-17-33-30(40-34-17)25(14-18-2-4-19(5-3-18)22-8-12-26(31)27(32)16-22)29(37)24-15-21(9-13-28(24)36)20-6-10-23(11-7-20)35(38)39/h2-13,15-16,25,36H,14H2,1H3. The molecule has 1 N–H and O–H groups in total. The van der Waals surface area contributed by atoms with E-state index in [-0.39, 0.29) is 34.3 Å². The number of hydrogen-bond acceptors (Lipinski definition) is 7. The number of ketones is 1. The van der Waals surface area contributed by atoms with Gasteiger partial charge in [-0.3, -0.25) is 14.9 Å². The van der Waals surface area contributed by atoms with E-state index in [1.807, 2.05) is 24.3 Å². The fourth-order valence-electron chi connectivity index (χ4n) is 4.37. The van der Waals surface area contributed by atoms with E-state index in [0.717, 1.165) is 11.1 Å². The van der Waals surface area contributed by atoms with Gasteiger partial charge in [0.25, 0.3) is 5.69 Å². The summed E-state index contributed by atoms with van der Waals surface area (Å²) in [5.74, 6) is -1.62. The summed E-state index contributed by atoms with van der Waals surface area (Å²) in [6.07, 6.45) is 0.191. The molecule has 5 rings (SSSR count). The summed E-state index contributed by atoms with van der Waals surface area (Å²) in [6, 6.07) is 22.3. The minimum absolute atomic E-state index is 0.0393. The highest BCUT2D eigenvalue weighted by molar-refractivity contribution is 6.30. The maximum Gasteiger partial charge on any atom is 0.269 e. The van der Waals surface area contributed by atoms with Crippen LogP contribution in [0.25, 0.3) is 22.3 Å². The van der Waals surface area contributed by atoms with Crippen LogP contribution in [0.4, 0.5) is 10.1 Å². The van der Waals surface area contributed by atoms with E-state index in [2.05, 4.69) is 10.1 Å². The van der Waals surface area contributed by atoms with Crippen LogP contribution in [0.3, 0.4) is 0 Å². The minimum atomic E-state index is -0.905. The number of Topliss-reactive ketones (excluding diaryl/α,β-unsaturated/α-hetero) is 1. The van der Waals surface area contributed by atoms with E-state index in [9.17, 15) is 24.4 Å². The molecule has 8 nitrogen and oxygen atoms in total. The normalized spacial score (nSPS) is 11.8. The van der Waals surface area contributed by atoms with Crippen molar-refractivity contribution in [2.75, 3.05) is 0 Å². The van der Waals surface area contributed by atoms with Crippen LogP contribution >= 0.6 is 11.6 Å². The lowest BCUT2D eigenvalue weighted by Crippen LogP contribution is -2.16. The number of rotatable bonds is 8. The molecule has 1 atom stereocenters. The van der Waals surface area contributed by atoms with Gasteiger partial charge in [0.2, 0.25) is 5.89 Å². The van der Waals surface area contributed by atoms with Crippen molar-refractivity contribution in [1.82, 2.24) is 10.1 Å². The number of halogens is 2. The molecule has 4 aromatic carbocycles. The smallest absolute Gasteiger partial charge is 0.269 e. The molecule has 10 heteroatoms. The Morgan fingerprint density at radius 3 is 2.17 bits per heavy atom. The van der Waals surface area contributed by atoms with Crippen molar-refractivity contribution in [2.45, 2.75) is 19.3 Å². The number of nitro benzene ring substituents is 1. The van der Waals surface area contributed by atoms with Gasteiger partial charge in [-0.1, -0.05) is 53.2 Å². The third-order valence-corrected chi connectivity index (χ3v) is 6.78. The molecule has 1 unspecified atom stereocenters. The lowest BCUT2D eigenvalue weighted by Gasteiger charge is -2.15. The number of aryl methyl sites for hydroxylation is 1. The number of phenolic OH excluding ortho intramolecular Hbond substituents is 1. The van der Waals surface area contributed by atoms with Gasteiger partial charge >= 0.3 is 0 Å². The zero-order chi connectivity index (χ0) is 28.4. The molecule has 5 aromatic rings. The first-order valence-corrected chi connectivity index (χ1v) is 12.5. The molecule has 200 valence electrons. The number of non-ortho nitro benzene ring substituents is 1. The van der Waals surface area contributed by atoms with Crippen molar-refractivity contribution in [3.63, 3.8) is 0 Å². The van der Waals surface area contributed by atoms with Crippen LogP contribution in [-0.2, 0) is 6.42 Å². The first-order valence-electron chi connectivity index (χ1n) is 12.2. The second kappa shape index (κ2) is 11.1.